The summed E-state index contributed by atoms with van der Waals surface area (Å²) >= 11 is 0. The van der Waals surface area contributed by atoms with Crippen molar-refractivity contribution in [1.29, 1.82) is 0 Å². The number of amides is 1. The lowest BCUT2D eigenvalue weighted by Crippen LogP contribution is -2.40. The van der Waals surface area contributed by atoms with Gasteiger partial charge in [0, 0.05) is 19.4 Å². The van der Waals surface area contributed by atoms with Crippen molar-refractivity contribution in [3.8, 4) is 0 Å². The quantitative estimate of drug-likeness (QED) is 0.488. The molecule has 0 radical (unpaired) electrons. The van der Waals surface area contributed by atoms with Gasteiger partial charge in [0.05, 0.1) is 5.69 Å². The van der Waals surface area contributed by atoms with Gasteiger partial charge in [0.25, 0.3) is 0 Å². The van der Waals surface area contributed by atoms with Gasteiger partial charge in [0.1, 0.15) is 5.69 Å². The lowest BCUT2D eigenvalue weighted by Gasteiger charge is -2.31. The second-order valence-corrected chi connectivity index (χ2v) is 4.08. The normalized spacial score (nSPS) is 19.1. The monoisotopic (exact) mass is 236 g/mol. The zero-order chi connectivity index (χ0) is 12.6. The average Bonchev–Trinajstić information content (AvgIpc) is 2.32. The van der Waals surface area contributed by atoms with Crippen LogP contribution in [-0.2, 0) is 11.2 Å². The number of hydrogen-bond donors (Lipinski definition) is 3. The van der Waals surface area contributed by atoms with Crippen LogP contribution in [0.2, 0.25) is 0 Å². The molecule has 2 rings (SSSR count). The largest absolute Gasteiger partial charge is 0.368 e. The van der Waals surface area contributed by atoms with Gasteiger partial charge in [-0.3, -0.25) is 4.79 Å². The van der Waals surface area contributed by atoms with E-state index in [4.69, 9.17) is 11.6 Å². The number of rotatable bonds is 2. The number of nitrogen functional groups attached to an aromatic ring is 2. The molecule has 0 spiro atoms. The number of anilines is 3. The van der Waals surface area contributed by atoms with E-state index < -0.39 is 0 Å². The summed E-state index contributed by atoms with van der Waals surface area (Å²) in [5, 5.41) is 0. The molecular weight excluding hydrogens is 220 g/mol. The summed E-state index contributed by atoms with van der Waals surface area (Å²) in [6, 6.07) is 0. The SMILES string of the molecule is CCC1Cc2nc(N)nc(NN)c2N(C)C1=O. The summed E-state index contributed by atoms with van der Waals surface area (Å²) in [7, 11) is 1.70. The highest BCUT2D eigenvalue weighted by atomic mass is 16.2. The minimum Gasteiger partial charge on any atom is -0.368 e. The van der Waals surface area contributed by atoms with Crippen LogP contribution in [0.3, 0.4) is 0 Å². The fourth-order valence-electron chi connectivity index (χ4n) is 2.14. The molecule has 1 unspecified atom stereocenters. The van der Waals surface area contributed by atoms with Crippen molar-refractivity contribution in [3.63, 3.8) is 0 Å². The third kappa shape index (κ3) is 1.78. The summed E-state index contributed by atoms with van der Waals surface area (Å²) in [6.45, 7) is 1.98. The van der Waals surface area contributed by atoms with E-state index in [2.05, 4.69) is 15.4 Å². The third-order valence-corrected chi connectivity index (χ3v) is 3.06. The number of nitrogens with two attached hydrogens (primary N) is 2. The van der Waals surface area contributed by atoms with E-state index in [0.717, 1.165) is 12.1 Å². The number of nitrogens with one attached hydrogen (secondary N) is 1. The smallest absolute Gasteiger partial charge is 0.230 e. The molecule has 1 aliphatic heterocycles. The first-order valence-corrected chi connectivity index (χ1v) is 5.49. The Morgan fingerprint density at radius 2 is 2.24 bits per heavy atom. The first-order valence-electron chi connectivity index (χ1n) is 5.49. The van der Waals surface area contributed by atoms with E-state index in [1.165, 1.54) is 0 Å². The molecule has 0 fully saturated rings. The Labute approximate surface area is 99.2 Å². The molecule has 7 nitrogen and oxygen atoms in total. The molecule has 0 saturated heterocycles. The zero-order valence-electron chi connectivity index (χ0n) is 9.90. The number of aromatic nitrogens is 2. The van der Waals surface area contributed by atoms with Crippen LogP contribution in [0.5, 0.6) is 0 Å². The van der Waals surface area contributed by atoms with Crippen LogP contribution >= 0.6 is 0 Å². The van der Waals surface area contributed by atoms with Gasteiger partial charge in [-0.05, 0) is 6.42 Å². The topological polar surface area (TPSA) is 110 Å². The molecule has 5 N–H and O–H groups in total. The second-order valence-electron chi connectivity index (χ2n) is 4.08. The van der Waals surface area contributed by atoms with Gasteiger partial charge in [-0.15, -0.1) is 0 Å². The first-order chi connectivity index (χ1) is 8.08. The zero-order valence-corrected chi connectivity index (χ0v) is 9.90. The number of carbonyl (C=O) groups is 1. The van der Waals surface area contributed by atoms with Gasteiger partial charge in [-0.2, -0.15) is 4.98 Å². The van der Waals surface area contributed by atoms with Crippen LogP contribution in [0.1, 0.15) is 19.0 Å². The molecule has 1 aliphatic rings. The van der Waals surface area contributed by atoms with Crippen LogP contribution < -0.4 is 21.9 Å². The summed E-state index contributed by atoms with van der Waals surface area (Å²) in [4.78, 5) is 21.7. The first kappa shape index (κ1) is 11.6. The van der Waals surface area contributed by atoms with E-state index >= 15 is 0 Å². The van der Waals surface area contributed by atoms with Crippen molar-refractivity contribution in [2.24, 2.45) is 11.8 Å². The Balaban J connectivity index is 2.55. The van der Waals surface area contributed by atoms with Crippen molar-refractivity contribution in [2.75, 3.05) is 23.1 Å². The molecule has 1 amide bonds. The van der Waals surface area contributed by atoms with Crippen molar-refractivity contribution >= 4 is 23.4 Å². The molecule has 1 aromatic rings. The summed E-state index contributed by atoms with van der Waals surface area (Å²) in [5.74, 6) is 5.94. The Morgan fingerprint density at radius 3 is 2.82 bits per heavy atom. The van der Waals surface area contributed by atoms with Gasteiger partial charge in [-0.1, -0.05) is 6.92 Å². The van der Waals surface area contributed by atoms with Crippen LogP contribution in [0.15, 0.2) is 0 Å². The molecule has 0 saturated carbocycles. The molecule has 0 aromatic carbocycles. The molecule has 2 heterocycles. The predicted octanol–water partition coefficient (Wildman–Crippen LogP) is -0.110. The summed E-state index contributed by atoms with van der Waals surface area (Å²) < 4.78 is 0. The fraction of sp³-hybridized carbons (Fsp3) is 0.500. The number of fused-ring (bicyclic) bond motifs is 1. The van der Waals surface area contributed by atoms with Crippen LogP contribution in [-0.4, -0.2) is 22.9 Å². The molecule has 0 aliphatic carbocycles. The van der Waals surface area contributed by atoms with Crippen molar-refractivity contribution in [3.05, 3.63) is 5.69 Å². The average molecular weight is 236 g/mol. The number of carbonyl (C=O) groups excluding carboxylic acids is 1. The highest BCUT2D eigenvalue weighted by Crippen LogP contribution is 2.34. The van der Waals surface area contributed by atoms with E-state index in [1.807, 2.05) is 6.92 Å². The predicted molar refractivity (Wildman–Crippen MR) is 65.1 cm³/mol. The maximum atomic E-state index is 12.0. The van der Waals surface area contributed by atoms with Gasteiger partial charge in [0.2, 0.25) is 11.9 Å². The Morgan fingerprint density at radius 1 is 1.53 bits per heavy atom. The second kappa shape index (κ2) is 4.17. The molecule has 0 bridgehead atoms. The van der Waals surface area contributed by atoms with Gasteiger partial charge in [0.15, 0.2) is 5.82 Å². The lowest BCUT2D eigenvalue weighted by molar-refractivity contribution is -0.122. The molecule has 17 heavy (non-hydrogen) atoms. The highest BCUT2D eigenvalue weighted by molar-refractivity contribution is 6.00. The van der Waals surface area contributed by atoms with Crippen LogP contribution in [0, 0.1) is 5.92 Å². The fourth-order valence-corrected chi connectivity index (χ4v) is 2.14. The Bertz CT molecular complexity index is 460. The summed E-state index contributed by atoms with van der Waals surface area (Å²) in [6.07, 6.45) is 1.36. The molecule has 1 aromatic heterocycles. The number of nitrogens with zero attached hydrogens (tertiary/aromatic N) is 3. The minimum absolute atomic E-state index is 0.0487. The lowest BCUT2D eigenvalue weighted by atomic mass is 9.93. The minimum atomic E-state index is -0.0487. The van der Waals surface area contributed by atoms with E-state index in [9.17, 15) is 4.79 Å². The Kier molecular flexibility index (Phi) is 2.84. The van der Waals surface area contributed by atoms with Crippen molar-refractivity contribution in [1.82, 2.24) is 9.97 Å². The van der Waals surface area contributed by atoms with Crippen LogP contribution in [0.4, 0.5) is 17.5 Å². The van der Waals surface area contributed by atoms with Crippen LogP contribution in [0.25, 0.3) is 0 Å². The van der Waals surface area contributed by atoms with Crippen molar-refractivity contribution < 1.29 is 4.79 Å². The molecule has 1 atom stereocenters. The molecule has 7 heteroatoms. The maximum absolute atomic E-state index is 12.0. The number of hydrazine groups is 1. The van der Waals surface area contributed by atoms with Gasteiger partial charge in [-0.25, -0.2) is 10.8 Å². The third-order valence-electron chi connectivity index (χ3n) is 3.06. The summed E-state index contributed by atoms with van der Waals surface area (Å²) in [5.41, 5.74) is 9.44. The standard InChI is InChI=1S/C10H16N6O/c1-3-5-4-6-7(16(2)9(5)17)8(15-12)14-10(11)13-6/h5H,3-4,12H2,1-2H3,(H3,11,13,14,15). The van der Waals surface area contributed by atoms with E-state index in [1.54, 1.807) is 11.9 Å². The van der Waals surface area contributed by atoms with Gasteiger partial charge < -0.3 is 16.1 Å². The highest BCUT2D eigenvalue weighted by Gasteiger charge is 2.33. The Hall–Kier alpha value is -1.89. The molecular formula is C10H16N6O. The maximum Gasteiger partial charge on any atom is 0.230 e. The number of hydrogen-bond acceptors (Lipinski definition) is 6. The van der Waals surface area contributed by atoms with E-state index in [-0.39, 0.29) is 17.8 Å². The van der Waals surface area contributed by atoms with E-state index in [0.29, 0.717) is 17.9 Å². The van der Waals surface area contributed by atoms with Gasteiger partial charge >= 0.3 is 0 Å². The molecule has 92 valence electrons. The van der Waals surface area contributed by atoms with Crippen molar-refractivity contribution in [2.45, 2.75) is 19.8 Å².